The SMILES string of the molecule is C=C/C=C(/F)N(C)N/N=C(\NNC)C(F)(F)F. The molecule has 0 fully saturated rings. The zero-order valence-corrected chi connectivity index (χ0v) is 9.27. The number of nitrogens with one attached hydrogen (secondary N) is 3. The molecule has 0 amide bonds. The van der Waals surface area contributed by atoms with Crippen LogP contribution in [0.1, 0.15) is 0 Å². The maximum absolute atomic E-state index is 13.0. The van der Waals surface area contributed by atoms with Crippen molar-refractivity contribution in [2.45, 2.75) is 6.18 Å². The van der Waals surface area contributed by atoms with E-state index in [2.05, 4.69) is 17.1 Å². The highest BCUT2D eigenvalue weighted by Gasteiger charge is 2.36. The molecular weight excluding hydrogens is 242 g/mol. The molecule has 9 heteroatoms. The standard InChI is InChI=1S/C8H13F4N5/c1-4-5-6(9)17(3)16-15-7(14-13-2)8(10,11)12/h4-5,13,16H,1H2,2-3H3,(H,14,15)/b6-5-. The minimum absolute atomic E-state index is 0.658. The van der Waals surface area contributed by atoms with Gasteiger partial charge in [0.2, 0.25) is 11.8 Å². The van der Waals surface area contributed by atoms with Crippen molar-refractivity contribution in [3.05, 3.63) is 24.7 Å². The van der Waals surface area contributed by atoms with Crippen LogP contribution in [0.25, 0.3) is 0 Å². The second-order valence-electron chi connectivity index (χ2n) is 2.72. The van der Waals surface area contributed by atoms with Crippen LogP contribution in [0.5, 0.6) is 0 Å². The molecule has 0 rings (SSSR count). The number of hydrogen-bond acceptors (Lipinski definition) is 4. The van der Waals surface area contributed by atoms with Crippen molar-refractivity contribution >= 4 is 5.84 Å². The smallest absolute Gasteiger partial charge is 0.300 e. The lowest BCUT2D eigenvalue weighted by Gasteiger charge is -2.17. The lowest BCUT2D eigenvalue weighted by Crippen LogP contribution is -2.45. The van der Waals surface area contributed by atoms with Crippen LogP contribution in [-0.2, 0) is 0 Å². The van der Waals surface area contributed by atoms with Crippen LogP contribution in [0.4, 0.5) is 17.6 Å². The normalized spacial score (nSPS) is 13.3. The van der Waals surface area contributed by atoms with Crippen molar-refractivity contribution < 1.29 is 17.6 Å². The van der Waals surface area contributed by atoms with E-state index in [4.69, 9.17) is 0 Å². The molecule has 0 bridgehead atoms. The van der Waals surface area contributed by atoms with Gasteiger partial charge in [0, 0.05) is 14.1 Å². The van der Waals surface area contributed by atoms with Crippen LogP contribution in [0.15, 0.2) is 29.8 Å². The van der Waals surface area contributed by atoms with Crippen LogP contribution in [0.2, 0.25) is 0 Å². The quantitative estimate of drug-likeness (QED) is 0.171. The average Bonchev–Trinajstić information content (AvgIpc) is 2.22. The van der Waals surface area contributed by atoms with E-state index in [0.29, 0.717) is 5.01 Å². The Bertz CT molecular complexity index is 310. The lowest BCUT2D eigenvalue weighted by atomic mass is 10.6. The number of hydrogen-bond donors (Lipinski definition) is 3. The van der Waals surface area contributed by atoms with Crippen molar-refractivity contribution in [2.24, 2.45) is 5.10 Å². The predicted molar refractivity (Wildman–Crippen MR) is 56.0 cm³/mol. The summed E-state index contributed by atoms with van der Waals surface area (Å²) in [7, 11) is 2.40. The van der Waals surface area contributed by atoms with Gasteiger partial charge in [-0.15, -0.1) is 5.10 Å². The first-order valence-corrected chi connectivity index (χ1v) is 4.38. The van der Waals surface area contributed by atoms with Crippen LogP contribution >= 0.6 is 0 Å². The highest BCUT2D eigenvalue weighted by atomic mass is 19.4. The monoisotopic (exact) mass is 255 g/mol. The fourth-order valence-electron chi connectivity index (χ4n) is 0.662. The third kappa shape index (κ3) is 5.76. The number of hydrazone groups is 1. The molecule has 0 aliphatic carbocycles. The highest BCUT2D eigenvalue weighted by Crippen LogP contribution is 2.15. The van der Waals surface area contributed by atoms with E-state index in [1.165, 1.54) is 7.05 Å². The van der Waals surface area contributed by atoms with Crippen LogP contribution in [0.3, 0.4) is 0 Å². The minimum atomic E-state index is -4.69. The molecule has 0 unspecified atom stereocenters. The third-order valence-electron chi connectivity index (χ3n) is 1.40. The number of amidine groups is 1. The molecule has 0 aromatic rings. The van der Waals surface area contributed by atoms with Crippen molar-refractivity contribution in [3.63, 3.8) is 0 Å². The van der Waals surface area contributed by atoms with Gasteiger partial charge in [-0.3, -0.25) is 0 Å². The number of halogens is 4. The van der Waals surface area contributed by atoms with Gasteiger partial charge in [-0.25, -0.2) is 16.0 Å². The Hall–Kier alpha value is -1.77. The fourth-order valence-corrected chi connectivity index (χ4v) is 0.662. The van der Waals surface area contributed by atoms with Crippen LogP contribution in [0, 0.1) is 0 Å². The first kappa shape index (κ1) is 15.2. The van der Waals surface area contributed by atoms with Gasteiger partial charge in [-0.2, -0.15) is 17.6 Å². The number of rotatable bonds is 5. The van der Waals surface area contributed by atoms with Gasteiger partial charge < -0.3 is 5.43 Å². The Labute approximate surface area is 95.8 Å². The van der Waals surface area contributed by atoms with E-state index in [1.54, 1.807) is 5.43 Å². The number of allylic oxidation sites excluding steroid dienone is 2. The van der Waals surface area contributed by atoms with Gasteiger partial charge in [-0.05, 0) is 6.08 Å². The molecule has 0 atom stereocenters. The molecule has 0 spiro atoms. The molecule has 0 aromatic carbocycles. The Morgan fingerprint density at radius 1 is 1.41 bits per heavy atom. The summed E-state index contributed by atoms with van der Waals surface area (Å²) in [6, 6.07) is 0. The fraction of sp³-hybridized carbons (Fsp3) is 0.375. The first-order chi connectivity index (χ1) is 7.82. The number of nitrogens with zero attached hydrogens (tertiary/aromatic N) is 2. The molecule has 0 aliphatic rings. The summed E-state index contributed by atoms with van der Waals surface area (Å²) in [6.07, 6.45) is -2.58. The first-order valence-electron chi connectivity index (χ1n) is 4.38. The zero-order chi connectivity index (χ0) is 13.5. The van der Waals surface area contributed by atoms with E-state index < -0.39 is 18.0 Å². The van der Waals surface area contributed by atoms with Gasteiger partial charge in [0.1, 0.15) is 0 Å². The summed E-state index contributed by atoms with van der Waals surface area (Å²) in [5.41, 5.74) is 5.71. The van der Waals surface area contributed by atoms with Crippen molar-refractivity contribution in [2.75, 3.05) is 14.1 Å². The van der Waals surface area contributed by atoms with Crippen molar-refractivity contribution in [1.29, 1.82) is 0 Å². The van der Waals surface area contributed by atoms with Gasteiger partial charge in [0.25, 0.3) is 0 Å². The Morgan fingerprint density at radius 3 is 2.41 bits per heavy atom. The molecule has 5 nitrogen and oxygen atoms in total. The molecule has 0 heterocycles. The summed E-state index contributed by atoms with van der Waals surface area (Å²) < 4.78 is 49.9. The largest absolute Gasteiger partial charge is 0.452 e. The summed E-state index contributed by atoms with van der Waals surface area (Å²) in [5.74, 6) is -2.17. The molecule has 0 aliphatic heterocycles. The summed E-state index contributed by atoms with van der Waals surface area (Å²) in [4.78, 5) is 0. The lowest BCUT2D eigenvalue weighted by molar-refractivity contribution is -0.0633. The van der Waals surface area contributed by atoms with Crippen molar-refractivity contribution in [3.8, 4) is 0 Å². The molecule has 17 heavy (non-hydrogen) atoms. The molecule has 3 N–H and O–H groups in total. The second kappa shape index (κ2) is 6.74. The Kier molecular flexibility index (Phi) is 6.03. The van der Waals surface area contributed by atoms with Crippen LogP contribution in [-0.4, -0.2) is 31.1 Å². The molecule has 0 saturated carbocycles. The van der Waals surface area contributed by atoms with E-state index in [1.807, 2.05) is 5.53 Å². The third-order valence-corrected chi connectivity index (χ3v) is 1.40. The van der Waals surface area contributed by atoms with E-state index in [0.717, 1.165) is 19.2 Å². The van der Waals surface area contributed by atoms with Gasteiger partial charge >= 0.3 is 6.18 Å². The molecule has 98 valence electrons. The maximum atomic E-state index is 13.0. The molecule has 0 aromatic heterocycles. The van der Waals surface area contributed by atoms with Gasteiger partial charge in [0.05, 0.1) is 0 Å². The van der Waals surface area contributed by atoms with E-state index in [-0.39, 0.29) is 0 Å². The zero-order valence-electron chi connectivity index (χ0n) is 9.27. The van der Waals surface area contributed by atoms with E-state index >= 15 is 0 Å². The average molecular weight is 255 g/mol. The topological polar surface area (TPSA) is 51.7 Å². The summed E-state index contributed by atoms with van der Waals surface area (Å²) in [5, 5.41) is 3.62. The summed E-state index contributed by atoms with van der Waals surface area (Å²) >= 11 is 0. The second-order valence-corrected chi connectivity index (χ2v) is 2.72. The number of alkyl halides is 3. The molecule has 0 radical (unpaired) electrons. The predicted octanol–water partition coefficient (Wildman–Crippen LogP) is 1.02. The molecule has 0 saturated heterocycles. The van der Waals surface area contributed by atoms with Gasteiger partial charge in [0.15, 0.2) is 0 Å². The minimum Gasteiger partial charge on any atom is -0.300 e. The van der Waals surface area contributed by atoms with Crippen molar-refractivity contribution in [1.82, 2.24) is 21.4 Å². The van der Waals surface area contributed by atoms with Crippen LogP contribution < -0.4 is 16.4 Å². The van der Waals surface area contributed by atoms with Gasteiger partial charge in [-0.1, -0.05) is 12.7 Å². The number of hydrazine groups is 2. The maximum Gasteiger partial charge on any atom is 0.452 e. The summed E-state index contributed by atoms with van der Waals surface area (Å²) in [6.45, 7) is 3.24. The highest BCUT2D eigenvalue weighted by molar-refractivity contribution is 5.86. The molecular formula is C8H13F4N5. The Balaban J connectivity index is 4.65. The Morgan fingerprint density at radius 2 is 2.00 bits per heavy atom. The van der Waals surface area contributed by atoms with E-state index in [9.17, 15) is 17.6 Å².